The Morgan fingerprint density at radius 2 is 1.88 bits per heavy atom. The zero-order chi connectivity index (χ0) is 17.8. The van der Waals surface area contributed by atoms with Crippen molar-refractivity contribution in [3.05, 3.63) is 63.5 Å². The zero-order valence-corrected chi connectivity index (χ0v) is 15.7. The second-order valence-corrected chi connectivity index (χ2v) is 6.75. The molecule has 0 aliphatic carbocycles. The minimum absolute atomic E-state index is 0.0889. The lowest BCUT2D eigenvalue weighted by Gasteiger charge is -2.12. The molecule has 0 unspecified atom stereocenters. The molecule has 0 radical (unpaired) electrons. The Bertz CT molecular complexity index is 889. The van der Waals surface area contributed by atoms with Crippen LogP contribution in [0.2, 0.25) is 0 Å². The van der Waals surface area contributed by atoms with Crippen molar-refractivity contribution in [3.63, 3.8) is 0 Å². The molecule has 0 fully saturated rings. The summed E-state index contributed by atoms with van der Waals surface area (Å²) < 4.78 is 0.841. The van der Waals surface area contributed by atoms with E-state index >= 15 is 0 Å². The van der Waals surface area contributed by atoms with Gasteiger partial charge in [-0.2, -0.15) is 0 Å². The molecule has 3 N–H and O–H groups in total. The van der Waals surface area contributed by atoms with Crippen LogP contribution < -0.4 is 10.6 Å². The maximum Gasteiger partial charge on any atom is 0.252 e. The van der Waals surface area contributed by atoms with E-state index in [-0.39, 0.29) is 24.4 Å². The number of carbonyl (C=O) groups excluding carboxylic acids is 2. The average Bonchev–Trinajstić information content (AvgIpc) is 3.04. The first-order valence-electron chi connectivity index (χ1n) is 7.81. The van der Waals surface area contributed by atoms with Crippen molar-refractivity contribution in [2.45, 2.75) is 13.0 Å². The molecule has 0 saturated heterocycles. The number of hydrogen-bond acceptors (Lipinski definition) is 3. The molecule has 1 heterocycles. The Morgan fingerprint density at radius 3 is 2.64 bits per heavy atom. The highest BCUT2D eigenvalue weighted by atomic mass is 127. The first kappa shape index (κ1) is 17.4. The van der Waals surface area contributed by atoms with Crippen LogP contribution in [0.15, 0.2) is 48.5 Å². The molecule has 0 bridgehead atoms. The van der Waals surface area contributed by atoms with Gasteiger partial charge in [0.25, 0.3) is 5.91 Å². The lowest BCUT2D eigenvalue weighted by atomic mass is 10.2. The molecule has 0 aliphatic rings. The van der Waals surface area contributed by atoms with E-state index in [9.17, 15) is 9.59 Å². The summed E-state index contributed by atoms with van der Waals surface area (Å²) in [5, 5.41) is 5.47. The topological polar surface area (TPSA) is 86.9 Å². The highest BCUT2D eigenvalue weighted by Crippen LogP contribution is 2.15. The third-order valence-electron chi connectivity index (χ3n) is 3.72. The molecule has 7 heteroatoms. The molecular formula is C18H17IN4O2. The fourth-order valence-electron chi connectivity index (χ4n) is 2.44. The number of benzene rings is 2. The van der Waals surface area contributed by atoms with Gasteiger partial charge in [0.05, 0.1) is 29.2 Å². The summed E-state index contributed by atoms with van der Waals surface area (Å²) in [6.07, 6.45) is 0. The summed E-state index contributed by atoms with van der Waals surface area (Å²) in [5.74, 6) is 0.141. The number of H-pyrrole nitrogens is 1. The van der Waals surface area contributed by atoms with E-state index in [1.807, 2.05) is 43.3 Å². The SMILES string of the molecule is C[C@H](NC(=O)CNC(=O)c1ccccc1I)c1nc2ccccc2[nH]1. The molecule has 0 spiro atoms. The molecule has 3 aromatic rings. The van der Waals surface area contributed by atoms with Crippen LogP contribution in [0.4, 0.5) is 0 Å². The molecule has 0 saturated carbocycles. The third kappa shape index (κ3) is 4.16. The van der Waals surface area contributed by atoms with E-state index in [1.54, 1.807) is 12.1 Å². The largest absolute Gasteiger partial charge is 0.345 e. The average molecular weight is 448 g/mol. The predicted molar refractivity (Wildman–Crippen MR) is 104 cm³/mol. The quantitative estimate of drug-likeness (QED) is 0.525. The van der Waals surface area contributed by atoms with E-state index in [4.69, 9.17) is 0 Å². The molecule has 2 amide bonds. The smallest absolute Gasteiger partial charge is 0.252 e. The molecule has 128 valence electrons. The Hall–Kier alpha value is -2.42. The molecule has 3 rings (SSSR count). The molecule has 2 aromatic carbocycles. The maximum absolute atomic E-state index is 12.1. The molecular weight excluding hydrogens is 431 g/mol. The third-order valence-corrected chi connectivity index (χ3v) is 4.66. The van der Waals surface area contributed by atoms with Crippen LogP contribution in [0.25, 0.3) is 11.0 Å². The highest BCUT2D eigenvalue weighted by Gasteiger charge is 2.15. The Kier molecular flexibility index (Phi) is 5.32. The number of carbonyl (C=O) groups is 2. The first-order valence-corrected chi connectivity index (χ1v) is 8.89. The second kappa shape index (κ2) is 7.64. The Balaban J connectivity index is 1.57. The van der Waals surface area contributed by atoms with Gasteiger partial charge in [-0.15, -0.1) is 0 Å². The summed E-state index contributed by atoms with van der Waals surface area (Å²) in [7, 11) is 0. The van der Waals surface area contributed by atoms with E-state index in [2.05, 4.69) is 43.2 Å². The Morgan fingerprint density at radius 1 is 1.16 bits per heavy atom. The number of aromatic amines is 1. The van der Waals surface area contributed by atoms with E-state index in [0.29, 0.717) is 11.4 Å². The van der Waals surface area contributed by atoms with Crippen molar-refractivity contribution < 1.29 is 9.59 Å². The summed E-state index contributed by atoms with van der Waals surface area (Å²) in [5.41, 5.74) is 2.33. The number of aromatic nitrogens is 2. The van der Waals surface area contributed by atoms with Gasteiger partial charge in [0.15, 0.2) is 0 Å². The standard InChI is InChI=1S/C18H17IN4O2/c1-11(17-22-14-8-4-5-9-15(14)23-17)21-16(24)10-20-18(25)12-6-2-3-7-13(12)19/h2-9,11H,10H2,1H3,(H,20,25)(H,21,24)(H,22,23)/t11-/m0/s1. The van der Waals surface area contributed by atoms with Gasteiger partial charge in [-0.1, -0.05) is 24.3 Å². The minimum Gasteiger partial charge on any atom is -0.345 e. The minimum atomic E-state index is -0.284. The molecule has 1 aromatic heterocycles. The van der Waals surface area contributed by atoms with Crippen LogP contribution in [0.3, 0.4) is 0 Å². The fraction of sp³-hybridized carbons (Fsp3) is 0.167. The maximum atomic E-state index is 12.1. The van der Waals surface area contributed by atoms with E-state index in [1.165, 1.54) is 0 Å². The fourth-order valence-corrected chi connectivity index (χ4v) is 3.07. The number of fused-ring (bicyclic) bond motifs is 1. The lowest BCUT2D eigenvalue weighted by molar-refractivity contribution is -0.120. The van der Waals surface area contributed by atoms with Crippen molar-refractivity contribution in [2.24, 2.45) is 0 Å². The first-order chi connectivity index (χ1) is 12.0. The molecule has 25 heavy (non-hydrogen) atoms. The molecule has 6 nitrogen and oxygen atoms in total. The van der Waals surface area contributed by atoms with Crippen LogP contribution >= 0.6 is 22.6 Å². The van der Waals surface area contributed by atoms with E-state index < -0.39 is 0 Å². The van der Waals surface area contributed by atoms with Crippen LogP contribution in [0.1, 0.15) is 29.1 Å². The van der Waals surface area contributed by atoms with E-state index in [0.717, 1.165) is 14.6 Å². The van der Waals surface area contributed by atoms with Crippen molar-refractivity contribution >= 4 is 45.4 Å². The summed E-state index contributed by atoms with van der Waals surface area (Å²) in [6, 6.07) is 14.6. The van der Waals surface area contributed by atoms with Crippen LogP contribution in [0, 0.1) is 3.57 Å². The summed E-state index contributed by atoms with van der Waals surface area (Å²) >= 11 is 2.09. The van der Waals surface area contributed by atoms with Gasteiger partial charge in [-0.05, 0) is 53.8 Å². The molecule has 0 aliphatic heterocycles. The van der Waals surface area contributed by atoms with Gasteiger partial charge < -0.3 is 15.6 Å². The molecule has 1 atom stereocenters. The number of rotatable bonds is 5. The van der Waals surface area contributed by atoms with Crippen molar-refractivity contribution in [2.75, 3.05) is 6.54 Å². The monoisotopic (exact) mass is 448 g/mol. The summed E-state index contributed by atoms with van der Waals surface area (Å²) in [4.78, 5) is 31.9. The van der Waals surface area contributed by atoms with Gasteiger partial charge in [0.2, 0.25) is 5.91 Å². The van der Waals surface area contributed by atoms with Gasteiger partial charge >= 0.3 is 0 Å². The Labute approximate surface area is 158 Å². The van der Waals surface area contributed by atoms with Crippen molar-refractivity contribution in [1.82, 2.24) is 20.6 Å². The number of halogens is 1. The predicted octanol–water partition coefficient (Wildman–Crippen LogP) is 2.77. The number of amides is 2. The zero-order valence-electron chi connectivity index (χ0n) is 13.5. The number of hydrogen-bond donors (Lipinski definition) is 3. The van der Waals surface area contributed by atoms with Gasteiger partial charge in [0, 0.05) is 3.57 Å². The van der Waals surface area contributed by atoms with Gasteiger partial charge in [0.1, 0.15) is 5.82 Å². The summed E-state index contributed by atoms with van der Waals surface area (Å²) in [6.45, 7) is 1.76. The van der Waals surface area contributed by atoms with Gasteiger partial charge in [-0.3, -0.25) is 9.59 Å². The van der Waals surface area contributed by atoms with Crippen molar-refractivity contribution in [3.8, 4) is 0 Å². The highest BCUT2D eigenvalue weighted by molar-refractivity contribution is 14.1. The number of para-hydroxylation sites is 2. The lowest BCUT2D eigenvalue weighted by Crippen LogP contribution is -2.38. The number of imidazole rings is 1. The number of nitrogens with one attached hydrogen (secondary N) is 3. The van der Waals surface area contributed by atoms with Crippen molar-refractivity contribution in [1.29, 1.82) is 0 Å². The van der Waals surface area contributed by atoms with Gasteiger partial charge in [-0.25, -0.2) is 4.98 Å². The number of nitrogens with zero attached hydrogens (tertiary/aromatic N) is 1. The van der Waals surface area contributed by atoms with Crippen LogP contribution in [-0.2, 0) is 4.79 Å². The van der Waals surface area contributed by atoms with Crippen LogP contribution in [0.5, 0.6) is 0 Å². The normalized spacial score (nSPS) is 11.9. The second-order valence-electron chi connectivity index (χ2n) is 5.59. The van der Waals surface area contributed by atoms with Crippen LogP contribution in [-0.4, -0.2) is 28.3 Å².